The first-order chi connectivity index (χ1) is 11.0. The maximum Gasteiger partial charge on any atom is 0.219 e. The van der Waals surface area contributed by atoms with Gasteiger partial charge in [0.15, 0.2) is 0 Å². The first kappa shape index (κ1) is 22.0. The Hall–Kier alpha value is -0.980. The van der Waals surface area contributed by atoms with Crippen molar-refractivity contribution in [1.82, 2.24) is 0 Å². The summed E-state index contributed by atoms with van der Waals surface area (Å²) in [6.45, 7) is 9.17. The van der Waals surface area contributed by atoms with Crippen LogP contribution in [0, 0.1) is 11.8 Å². The summed E-state index contributed by atoms with van der Waals surface area (Å²) in [7, 11) is 0. The van der Waals surface area contributed by atoms with Crippen LogP contribution in [0.2, 0.25) is 0 Å². The average Bonchev–Trinajstić information content (AvgIpc) is 2.44. The number of carbonyl (C=O) groups is 2. The second kappa shape index (κ2) is 14.6. The number of Topliss-reactive ketones (excluding diaryl/α,β-unsaturated/α-hetero) is 1. The zero-order valence-corrected chi connectivity index (χ0v) is 14.8. The number of nitrogens with two attached hydrogens (primary N) is 1. The molecule has 0 spiro atoms. The molecule has 6 nitrogen and oxygen atoms in total. The van der Waals surface area contributed by atoms with Gasteiger partial charge in [-0.1, -0.05) is 20.3 Å². The van der Waals surface area contributed by atoms with Gasteiger partial charge in [-0.25, -0.2) is 0 Å². The number of hydrogen-bond donors (Lipinski definition) is 1. The Labute approximate surface area is 140 Å². The van der Waals surface area contributed by atoms with E-state index in [1.807, 2.05) is 20.8 Å². The lowest BCUT2D eigenvalue weighted by atomic mass is 9.79. The number of ketones is 1. The van der Waals surface area contributed by atoms with E-state index in [1.54, 1.807) is 0 Å². The van der Waals surface area contributed by atoms with E-state index in [-0.39, 0.29) is 18.2 Å². The standard InChI is InChI=1S/C9H19NO4.C8H14O/c1-2-12-5-6-14-8-7-13-4-3-9(10)11;1-6(2)8(9)7-4-3-5-7/h2-8H2,1H3,(H2,10,11);6-7H,3-5H2,1-2H3. The van der Waals surface area contributed by atoms with Crippen LogP contribution in [0.5, 0.6) is 0 Å². The number of rotatable bonds is 12. The van der Waals surface area contributed by atoms with E-state index < -0.39 is 0 Å². The van der Waals surface area contributed by atoms with E-state index in [0.717, 1.165) is 12.8 Å². The average molecular weight is 331 g/mol. The van der Waals surface area contributed by atoms with Crippen molar-refractivity contribution in [2.45, 2.75) is 46.5 Å². The number of ether oxygens (including phenoxy) is 3. The second-order valence-corrected chi connectivity index (χ2v) is 5.82. The van der Waals surface area contributed by atoms with Crippen molar-refractivity contribution >= 4 is 11.7 Å². The van der Waals surface area contributed by atoms with Crippen molar-refractivity contribution in [1.29, 1.82) is 0 Å². The minimum absolute atomic E-state index is 0.260. The molecule has 0 aromatic carbocycles. The number of primary amides is 1. The molecule has 1 aliphatic rings. The van der Waals surface area contributed by atoms with Gasteiger partial charge in [-0.3, -0.25) is 9.59 Å². The lowest BCUT2D eigenvalue weighted by molar-refractivity contribution is -0.128. The molecule has 1 amide bonds. The zero-order valence-electron chi connectivity index (χ0n) is 14.8. The molecule has 0 aromatic rings. The maximum absolute atomic E-state index is 11.1. The van der Waals surface area contributed by atoms with Crippen LogP contribution in [0.4, 0.5) is 0 Å². The molecule has 23 heavy (non-hydrogen) atoms. The zero-order chi connectivity index (χ0) is 17.5. The summed E-state index contributed by atoms with van der Waals surface area (Å²) in [5.41, 5.74) is 4.92. The molecule has 1 aliphatic carbocycles. The first-order valence-corrected chi connectivity index (χ1v) is 8.54. The Kier molecular flexibility index (Phi) is 14.0. The molecule has 2 N–H and O–H groups in total. The minimum atomic E-state index is -0.345. The monoisotopic (exact) mass is 331 g/mol. The molecule has 0 saturated heterocycles. The summed E-state index contributed by atoms with van der Waals surface area (Å²) in [4.78, 5) is 21.4. The molecule has 0 bridgehead atoms. The quantitative estimate of drug-likeness (QED) is 0.552. The van der Waals surface area contributed by atoms with E-state index >= 15 is 0 Å². The van der Waals surface area contributed by atoms with Gasteiger partial charge in [-0.2, -0.15) is 0 Å². The highest BCUT2D eigenvalue weighted by molar-refractivity contribution is 5.83. The molecule has 0 atom stereocenters. The van der Waals surface area contributed by atoms with Crippen LogP contribution in [0.1, 0.15) is 46.5 Å². The van der Waals surface area contributed by atoms with Crippen molar-refractivity contribution in [3.8, 4) is 0 Å². The van der Waals surface area contributed by atoms with E-state index in [0.29, 0.717) is 51.3 Å². The van der Waals surface area contributed by atoms with E-state index in [1.165, 1.54) is 6.42 Å². The van der Waals surface area contributed by atoms with Crippen LogP contribution >= 0.6 is 0 Å². The predicted molar refractivity (Wildman–Crippen MR) is 89.1 cm³/mol. The Morgan fingerprint density at radius 3 is 1.87 bits per heavy atom. The maximum atomic E-state index is 11.1. The normalized spacial score (nSPS) is 14.1. The van der Waals surface area contributed by atoms with Gasteiger partial charge in [0, 0.05) is 24.9 Å². The molecule has 1 rings (SSSR count). The first-order valence-electron chi connectivity index (χ1n) is 8.54. The van der Waals surface area contributed by atoms with Crippen LogP contribution in [0.15, 0.2) is 0 Å². The largest absolute Gasteiger partial charge is 0.379 e. The topological polar surface area (TPSA) is 87.8 Å². The van der Waals surface area contributed by atoms with E-state index in [4.69, 9.17) is 19.9 Å². The number of carbonyl (C=O) groups excluding carboxylic acids is 2. The molecule has 0 unspecified atom stereocenters. The van der Waals surface area contributed by atoms with Crippen LogP contribution < -0.4 is 5.73 Å². The minimum Gasteiger partial charge on any atom is -0.379 e. The molecule has 0 aromatic heterocycles. The van der Waals surface area contributed by atoms with Gasteiger partial charge >= 0.3 is 0 Å². The van der Waals surface area contributed by atoms with E-state index in [9.17, 15) is 9.59 Å². The predicted octanol–water partition coefficient (Wildman–Crippen LogP) is 1.94. The highest BCUT2D eigenvalue weighted by atomic mass is 16.5. The summed E-state index contributed by atoms with van der Waals surface area (Å²) in [6, 6.07) is 0. The van der Waals surface area contributed by atoms with Crippen molar-refractivity contribution in [3.63, 3.8) is 0 Å². The van der Waals surface area contributed by atoms with Gasteiger partial charge in [0.2, 0.25) is 5.91 Å². The van der Waals surface area contributed by atoms with E-state index in [2.05, 4.69) is 0 Å². The van der Waals surface area contributed by atoms with Gasteiger partial charge < -0.3 is 19.9 Å². The van der Waals surface area contributed by atoms with Crippen LogP contribution in [-0.4, -0.2) is 51.3 Å². The lowest BCUT2D eigenvalue weighted by Crippen LogP contribution is -2.25. The SMILES string of the molecule is CC(C)C(=O)C1CCC1.CCOCCOCCOCCC(N)=O. The summed E-state index contributed by atoms with van der Waals surface area (Å²) in [6.07, 6.45) is 3.83. The molecule has 1 saturated carbocycles. The third-order valence-corrected chi connectivity index (χ3v) is 3.52. The van der Waals surface area contributed by atoms with Crippen LogP contribution in [-0.2, 0) is 23.8 Å². The third-order valence-electron chi connectivity index (χ3n) is 3.52. The molecule has 136 valence electrons. The smallest absolute Gasteiger partial charge is 0.219 e. The number of amides is 1. The van der Waals surface area contributed by atoms with Crippen molar-refractivity contribution in [3.05, 3.63) is 0 Å². The highest BCUT2D eigenvalue weighted by Crippen LogP contribution is 2.29. The Morgan fingerprint density at radius 1 is 1.00 bits per heavy atom. The lowest BCUT2D eigenvalue weighted by Gasteiger charge is -2.25. The van der Waals surface area contributed by atoms with Gasteiger partial charge in [0.05, 0.1) is 33.0 Å². The highest BCUT2D eigenvalue weighted by Gasteiger charge is 2.26. The van der Waals surface area contributed by atoms with Gasteiger partial charge in [-0.05, 0) is 19.8 Å². The Balaban J connectivity index is 0.000000459. The van der Waals surface area contributed by atoms with Gasteiger partial charge in [0.25, 0.3) is 0 Å². The molecular weight excluding hydrogens is 298 g/mol. The van der Waals surface area contributed by atoms with Crippen molar-refractivity contribution in [2.75, 3.05) is 39.6 Å². The van der Waals surface area contributed by atoms with Gasteiger partial charge in [0.1, 0.15) is 5.78 Å². The van der Waals surface area contributed by atoms with Gasteiger partial charge in [-0.15, -0.1) is 0 Å². The molecule has 6 heteroatoms. The fraction of sp³-hybridized carbons (Fsp3) is 0.882. The van der Waals surface area contributed by atoms with Crippen molar-refractivity contribution in [2.24, 2.45) is 17.6 Å². The summed E-state index contributed by atoms with van der Waals surface area (Å²) < 4.78 is 15.3. The molecular formula is C17H33NO5. The molecule has 1 fully saturated rings. The fourth-order valence-corrected chi connectivity index (χ4v) is 1.92. The molecule has 0 aliphatic heterocycles. The Morgan fingerprint density at radius 2 is 1.52 bits per heavy atom. The Bertz CT molecular complexity index is 316. The summed E-state index contributed by atoms with van der Waals surface area (Å²) in [5, 5.41) is 0. The van der Waals surface area contributed by atoms with Crippen LogP contribution in [0.3, 0.4) is 0 Å². The van der Waals surface area contributed by atoms with Crippen molar-refractivity contribution < 1.29 is 23.8 Å². The van der Waals surface area contributed by atoms with Crippen LogP contribution in [0.25, 0.3) is 0 Å². The molecule has 0 heterocycles. The fourth-order valence-electron chi connectivity index (χ4n) is 1.92. The second-order valence-electron chi connectivity index (χ2n) is 5.82. The summed E-state index contributed by atoms with van der Waals surface area (Å²) in [5.74, 6) is 0.823. The molecule has 0 radical (unpaired) electrons. The summed E-state index contributed by atoms with van der Waals surface area (Å²) >= 11 is 0. The number of hydrogen-bond acceptors (Lipinski definition) is 5. The third kappa shape index (κ3) is 13.2.